The quantitative estimate of drug-likeness (QED) is 0.655. The maximum atomic E-state index is 2.39. The highest BCUT2D eigenvalue weighted by Gasteiger charge is 2.27. The Bertz CT molecular complexity index is 268. The first-order valence-electron chi connectivity index (χ1n) is 5.92. The second-order valence-electron chi connectivity index (χ2n) is 4.64. The van der Waals surface area contributed by atoms with Crippen LogP contribution in [0.2, 0.25) is 15.8 Å². The molecule has 1 fully saturated rings. The lowest BCUT2D eigenvalue weighted by molar-refractivity contribution is 0.586. The van der Waals surface area contributed by atoms with Crippen LogP contribution in [-0.2, 0) is 6.42 Å². The van der Waals surface area contributed by atoms with Crippen molar-refractivity contribution in [3.8, 4) is 0 Å². The van der Waals surface area contributed by atoms with Crippen LogP contribution in [0.5, 0.6) is 0 Å². The molecule has 1 saturated heterocycles. The van der Waals surface area contributed by atoms with Crippen molar-refractivity contribution in [2.75, 3.05) is 0 Å². The fourth-order valence-electron chi connectivity index (χ4n) is 2.68. The minimum atomic E-state index is -0.259. The summed E-state index contributed by atoms with van der Waals surface area (Å²) in [6, 6.07) is 11.0. The van der Waals surface area contributed by atoms with E-state index < -0.39 is 0 Å². The molecule has 1 aliphatic rings. The zero-order chi connectivity index (χ0) is 9.80. The van der Waals surface area contributed by atoms with Crippen LogP contribution < -0.4 is 0 Å². The third kappa shape index (κ3) is 2.62. The molecule has 0 aromatic heterocycles. The van der Waals surface area contributed by atoms with Crippen molar-refractivity contribution in [3.05, 3.63) is 35.9 Å². The Morgan fingerprint density at radius 3 is 2.71 bits per heavy atom. The van der Waals surface area contributed by atoms with Crippen molar-refractivity contribution in [1.82, 2.24) is 0 Å². The average molecular weight is 202 g/mol. The summed E-state index contributed by atoms with van der Waals surface area (Å²) in [4.78, 5) is 0. The van der Waals surface area contributed by atoms with Crippen molar-refractivity contribution >= 4 is 14.1 Å². The molecular formula is C13H19Al. The fourth-order valence-corrected chi connectivity index (χ4v) is 5.95. The van der Waals surface area contributed by atoms with Gasteiger partial charge in [0.1, 0.15) is 0 Å². The van der Waals surface area contributed by atoms with Gasteiger partial charge in [-0.2, -0.15) is 0 Å². The molecule has 74 valence electrons. The molecule has 1 heteroatoms. The van der Waals surface area contributed by atoms with Gasteiger partial charge < -0.3 is 0 Å². The molecule has 0 nitrogen and oxygen atoms in total. The molecule has 1 unspecified atom stereocenters. The second-order valence-corrected chi connectivity index (χ2v) is 8.24. The molecule has 0 saturated carbocycles. The highest BCUT2D eigenvalue weighted by Crippen LogP contribution is 2.31. The van der Waals surface area contributed by atoms with Gasteiger partial charge in [0, 0.05) is 0 Å². The number of benzene rings is 1. The Hall–Kier alpha value is -0.248. The van der Waals surface area contributed by atoms with Crippen molar-refractivity contribution in [2.45, 2.75) is 35.6 Å². The zero-order valence-electron chi connectivity index (χ0n) is 9.08. The maximum absolute atomic E-state index is 2.39. The van der Waals surface area contributed by atoms with Gasteiger partial charge in [0.25, 0.3) is 14.1 Å². The fraction of sp³-hybridized carbons (Fsp3) is 0.538. The third-order valence-corrected chi connectivity index (χ3v) is 7.23. The summed E-state index contributed by atoms with van der Waals surface area (Å²) in [5.74, 6) is 1.02. The molecule has 1 aromatic carbocycles. The van der Waals surface area contributed by atoms with Gasteiger partial charge >= 0.3 is 0 Å². The van der Waals surface area contributed by atoms with Crippen LogP contribution in [-0.4, -0.2) is 14.1 Å². The first-order chi connectivity index (χ1) is 6.88. The van der Waals surface area contributed by atoms with Gasteiger partial charge in [0.2, 0.25) is 0 Å². The number of hydrogen-bond acceptors (Lipinski definition) is 0. The zero-order valence-corrected chi connectivity index (χ0v) is 10.2. The van der Waals surface area contributed by atoms with Gasteiger partial charge in [0.05, 0.1) is 0 Å². The Morgan fingerprint density at radius 2 is 2.07 bits per heavy atom. The van der Waals surface area contributed by atoms with Gasteiger partial charge in [-0.15, -0.1) is 0 Å². The summed E-state index contributed by atoms with van der Waals surface area (Å²) in [7, 11) is 0. The Labute approximate surface area is 91.7 Å². The van der Waals surface area contributed by atoms with Crippen molar-refractivity contribution < 1.29 is 0 Å². The lowest BCUT2D eigenvalue weighted by atomic mass is 9.99. The summed E-state index contributed by atoms with van der Waals surface area (Å²) in [6.45, 7) is 2.39. The van der Waals surface area contributed by atoms with Gasteiger partial charge in [0.15, 0.2) is 0 Å². The lowest BCUT2D eigenvalue weighted by Crippen LogP contribution is -2.05. The first-order valence-corrected chi connectivity index (χ1v) is 8.37. The SMILES string of the molecule is C[CH2][Al]1[CH2]CC(Cc2ccccc2)[CH2]1. The second kappa shape index (κ2) is 5.01. The topological polar surface area (TPSA) is 0 Å². The normalized spacial score (nSPS) is 21.5. The van der Waals surface area contributed by atoms with E-state index in [9.17, 15) is 0 Å². The smallest absolute Gasteiger partial charge is 0.0967 e. The molecular weight excluding hydrogens is 183 g/mol. The summed E-state index contributed by atoms with van der Waals surface area (Å²) in [6.07, 6.45) is 2.85. The first kappa shape index (κ1) is 10.3. The van der Waals surface area contributed by atoms with E-state index >= 15 is 0 Å². The summed E-state index contributed by atoms with van der Waals surface area (Å²) in [5, 5.41) is 4.73. The van der Waals surface area contributed by atoms with Gasteiger partial charge in [-0.3, -0.25) is 0 Å². The predicted molar refractivity (Wildman–Crippen MR) is 64.1 cm³/mol. The van der Waals surface area contributed by atoms with E-state index in [1.807, 2.05) is 0 Å². The molecule has 2 rings (SSSR count). The van der Waals surface area contributed by atoms with E-state index in [-0.39, 0.29) is 14.1 Å². The molecule has 0 radical (unpaired) electrons. The standard InChI is InChI=1S/C11H14.C2H5.Al/c1-3-10(2)9-11-7-5-4-6-8-11;1-2;/h4-8,10H,1-3,9H2;1H2,2H3;. The molecule has 14 heavy (non-hydrogen) atoms. The number of hydrogen-bond donors (Lipinski definition) is 0. The van der Waals surface area contributed by atoms with E-state index in [1.165, 1.54) is 18.1 Å². The Balaban J connectivity index is 1.88. The molecule has 1 aliphatic heterocycles. The molecule has 1 heterocycles. The lowest BCUT2D eigenvalue weighted by Gasteiger charge is -2.09. The van der Waals surface area contributed by atoms with Crippen LogP contribution in [0.3, 0.4) is 0 Å². The van der Waals surface area contributed by atoms with Crippen LogP contribution in [0, 0.1) is 5.92 Å². The summed E-state index contributed by atoms with van der Waals surface area (Å²) >= 11 is -0.259. The Kier molecular flexibility index (Phi) is 3.68. The molecule has 0 N–H and O–H groups in total. The van der Waals surface area contributed by atoms with Crippen molar-refractivity contribution in [1.29, 1.82) is 0 Å². The largest absolute Gasteiger partial charge is 0.261 e. The monoisotopic (exact) mass is 202 g/mol. The highest BCUT2D eigenvalue weighted by atomic mass is 27.2. The molecule has 0 spiro atoms. The average Bonchev–Trinajstić information content (AvgIpc) is 2.67. The molecule has 1 aromatic rings. The van der Waals surface area contributed by atoms with Crippen LogP contribution in [0.4, 0.5) is 0 Å². The third-order valence-electron chi connectivity index (χ3n) is 3.59. The van der Waals surface area contributed by atoms with E-state index in [0.717, 1.165) is 5.92 Å². The minimum absolute atomic E-state index is 0.259. The summed E-state index contributed by atoms with van der Waals surface area (Å²) in [5.41, 5.74) is 1.54. The molecule has 0 amide bonds. The van der Waals surface area contributed by atoms with E-state index in [4.69, 9.17) is 0 Å². The van der Waals surface area contributed by atoms with E-state index in [0.29, 0.717) is 0 Å². The predicted octanol–water partition coefficient (Wildman–Crippen LogP) is 3.76. The summed E-state index contributed by atoms with van der Waals surface area (Å²) < 4.78 is 0. The van der Waals surface area contributed by atoms with E-state index in [2.05, 4.69) is 37.3 Å². The van der Waals surface area contributed by atoms with Crippen molar-refractivity contribution in [3.63, 3.8) is 0 Å². The van der Waals surface area contributed by atoms with Gasteiger partial charge in [-0.25, -0.2) is 0 Å². The Morgan fingerprint density at radius 1 is 1.29 bits per heavy atom. The van der Waals surface area contributed by atoms with Crippen molar-refractivity contribution in [2.24, 2.45) is 5.92 Å². The molecule has 0 aliphatic carbocycles. The van der Waals surface area contributed by atoms with Crippen LogP contribution in [0.1, 0.15) is 18.9 Å². The highest BCUT2D eigenvalue weighted by molar-refractivity contribution is 6.59. The van der Waals surface area contributed by atoms with Crippen LogP contribution in [0.25, 0.3) is 0 Å². The van der Waals surface area contributed by atoms with Gasteiger partial charge in [-0.1, -0.05) is 65.4 Å². The van der Waals surface area contributed by atoms with Crippen LogP contribution >= 0.6 is 0 Å². The van der Waals surface area contributed by atoms with Crippen LogP contribution in [0.15, 0.2) is 30.3 Å². The van der Waals surface area contributed by atoms with E-state index in [1.54, 1.807) is 16.1 Å². The molecule has 1 atom stereocenters. The molecule has 0 bridgehead atoms. The maximum Gasteiger partial charge on any atom is 0.261 e. The van der Waals surface area contributed by atoms with Gasteiger partial charge in [-0.05, 0) is 12.0 Å². The minimum Gasteiger partial charge on any atom is -0.0967 e. The number of rotatable bonds is 3.